The molecule has 0 bridgehead atoms. The molecular weight excluding hydrogens is 136 g/mol. The third-order valence-electron chi connectivity index (χ3n) is 1.47. The van der Waals surface area contributed by atoms with Crippen LogP contribution in [0.2, 0.25) is 0 Å². The number of rotatable bonds is 1. The Morgan fingerprint density at radius 2 is 2.45 bits per heavy atom. The highest BCUT2D eigenvalue weighted by atomic mass is 14.7. The Labute approximate surface area is 66.4 Å². The number of hydrogen-bond donors (Lipinski definition) is 1. The Hall–Kier alpha value is -1.33. The van der Waals surface area contributed by atoms with Crippen LogP contribution in [0.1, 0.15) is 24.2 Å². The zero-order valence-electron chi connectivity index (χ0n) is 6.41. The lowest BCUT2D eigenvalue weighted by molar-refractivity contribution is 0.807. The molecule has 0 aliphatic rings. The van der Waals surface area contributed by atoms with Gasteiger partial charge in [0.2, 0.25) is 0 Å². The molecule has 1 unspecified atom stereocenters. The summed E-state index contributed by atoms with van der Waals surface area (Å²) in [5, 5.41) is 0. The van der Waals surface area contributed by atoms with Crippen LogP contribution < -0.4 is 5.73 Å². The van der Waals surface area contributed by atoms with E-state index in [0.717, 1.165) is 5.56 Å². The summed E-state index contributed by atoms with van der Waals surface area (Å²) in [4.78, 5) is 4.00. The zero-order chi connectivity index (χ0) is 8.27. The molecule has 0 aromatic carbocycles. The van der Waals surface area contributed by atoms with Gasteiger partial charge in [0.05, 0.1) is 0 Å². The lowest BCUT2D eigenvalue weighted by Gasteiger charge is -2.05. The molecule has 0 aliphatic heterocycles. The fourth-order valence-corrected chi connectivity index (χ4v) is 0.906. The molecule has 0 saturated carbocycles. The molecule has 1 atom stereocenters. The van der Waals surface area contributed by atoms with Gasteiger partial charge in [0, 0.05) is 17.8 Å². The first kappa shape index (κ1) is 7.77. The quantitative estimate of drug-likeness (QED) is 0.602. The average molecular weight is 146 g/mol. The van der Waals surface area contributed by atoms with Crippen molar-refractivity contribution in [2.24, 2.45) is 5.73 Å². The van der Waals surface area contributed by atoms with E-state index in [1.54, 1.807) is 6.20 Å². The summed E-state index contributed by atoms with van der Waals surface area (Å²) < 4.78 is 0. The molecule has 1 heterocycles. The van der Waals surface area contributed by atoms with Gasteiger partial charge < -0.3 is 5.73 Å². The predicted octanol–water partition coefficient (Wildman–Crippen LogP) is 1.08. The van der Waals surface area contributed by atoms with E-state index in [2.05, 4.69) is 10.9 Å². The van der Waals surface area contributed by atoms with E-state index >= 15 is 0 Å². The molecule has 0 saturated heterocycles. The van der Waals surface area contributed by atoms with E-state index in [1.165, 1.54) is 0 Å². The van der Waals surface area contributed by atoms with Crippen LogP contribution in [0.15, 0.2) is 18.3 Å². The maximum absolute atomic E-state index is 5.65. The molecule has 11 heavy (non-hydrogen) atoms. The molecule has 2 heteroatoms. The zero-order valence-corrected chi connectivity index (χ0v) is 6.41. The van der Waals surface area contributed by atoms with Gasteiger partial charge in [-0.2, -0.15) is 0 Å². The van der Waals surface area contributed by atoms with Crippen molar-refractivity contribution in [1.29, 1.82) is 0 Å². The molecule has 0 aliphatic carbocycles. The highest BCUT2D eigenvalue weighted by molar-refractivity contribution is 5.34. The van der Waals surface area contributed by atoms with Gasteiger partial charge >= 0.3 is 0 Å². The van der Waals surface area contributed by atoms with E-state index in [9.17, 15) is 0 Å². The predicted molar refractivity (Wildman–Crippen MR) is 44.8 cm³/mol. The van der Waals surface area contributed by atoms with E-state index in [0.29, 0.717) is 5.69 Å². The second-order valence-corrected chi connectivity index (χ2v) is 2.37. The number of pyridine rings is 1. The van der Waals surface area contributed by atoms with Crippen LogP contribution in [0.25, 0.3) is 0 Å². The van der Waals surface area contributed by atoms with Crippen molar-refractivity contribution < 1.29 is 0 Å². The number of aromatic nitrogens is 1. The highest BCUT2D eigenvalue weighted by Crippen LogP contribution is 2.11. The van der Waals surface area contributed by atoms with Crippen molar-refractivity contribution in [3.05, 3.63) is 29.6 Å². The fraction of sp³-hybridized carbons (Fsp3) is 0.222. The topological polar surface area (TPSA) is 38.9 Å². The first-order valence-corrected chi connectivity index (χ1v) is 3.43. The second-order valence-electron chi connectivity index (χ2n) is 2.37. The van der Waals surface area contributed by atoms with Gasteiger partial charge in [-0.1, -0.05) is 6.07 Å². The van der Waals surface area contributed by atoms with Gasteiger partial charge in [-0.15, -0.1) is 6.42 Å². The number of nitrogens with zero attached hydrogens (tertiary/aromatic N) is 1. The molecule has 1 rings (SSSR count). The molecule has 0 fully saturated rings. The summed E-state index contributed by atoms with van der Waals surface area (Å²) in [6, 6.07) is 3.68. The second kappa shape index (κ2) is 3.18. The number of hydrogen-bond acceptors (Lipinski definition) is 2. The van der Waals surface area contributed by atoms with Crippen molar-refractivity contribution in [3.8, 4) is 12.3 Å². The minimum Gasteiger partial charge on any atom is -0.324 e. The van der Waals surface area contributed by atoms with Crippen LogP contribution in [-0.2, 0) is 0 Å². The summed E-state index contributed by atoms with van der Waals surface area (Å²) >= 11 is 0. The Bertz CT molecular complexity index is 284. The summed E-state index contributed by atoms with van der Waals surface area (Å²) in [5.41, 5.74) is 7.22. The van der Waals surface area contributed by atoms with Gasteiger partial charge in [-0.05, 0) is 18.9 Å². The van der Waals surface area contributed by atoms with Gasteiger partial charge in [0.25, 0.3) is 0 Å². The first-order chi connectivity index (χ1) is 5.25. The smallest absolute Gasteiger partial charge is 0.117 e. The molecule has 2 N–H and O–H groups in total. The first-order valence-electron chi connectivity index (χ1n) is 3.43. The fourth-order valence-electron chi connectivity index (χ4n) is 0.906. The normalized spacial score (nSPS) is 12.1. The van der Waals surface area contributed by atoms with Crippen LogP contribution in [0.4, 0.5) is 0 Å². The minimum absolute atomic E-state index is 0.0465. The maximum Gasteiger partial charge on any atom is 0.117 e. The average Bonchev–Trinajstić information content (AvgIpc) is 2.04. The lowest BCUT2D eigenvalue weighted by Crippen LogP contribution is -2.07. The number of nitrogens with two attached hydrogens (primary N) is 1. The van der Waals surface area contributed by atoms with Crippen molar-refractivity contribution in [3.63, 3.8) is 0 Å². The van der Waals surface area contributed by atoms with Crippen molar-refractivity contribution in [2.45, 2.75) is 13.0 Å². The molecule has 0 radical (unpaired) electrons. The van der Waals surface area contributed by atoms with Crippen LogP contribution in [0.5, 0.6) is 0 Å². The summed E-state index contributed by atoms with van der Waals surface area (Å²) in [7, 11) is 0. The van der Waals surface area contributed by atoms with Crippen molar-refractivity contribution in [2.75, 3.05) is 0 Å². The van der Waals surface area contributed by atoms with Gasteiger partial charge in [-0.25, -0.2) is 4.98 Å². The standard InChI is InChI=1S/C9H10N2/c1-3-9-8(7(2)10)5-4-6-11-9/h1,4-7H,10H2,2H3. The third kappa shape index (κ3) is 1.57. The van der Waals surface area contributed by atoms with E-state index in [4.69, 9.17) is 12.2 Å². The van der Waals surface area contributed by atoms with Gasteiger partial charge in [0.15, 0.2) is 0 Å². The molecule has 2 nitrogen and oxygen atoms in total. The lowest BCUT2D eigenvalue weighted by atomic mass is 10.1. The molecule has 1 aromatic rings. The molecule has 0 amide bonds. The van der Waals surface area contributed by atoms with Crippen LogP contribution >= 0.6 is 0 Å². The van der Waals surface area contributed by atoms with E-state index in [-0.39, 0.29) is 6.04 Å². The Morgan fingerprint density at radius 3 is 2.91 bits per heavy atom. The number of terminal acetylenes is 1. The summed E-state index contributed by atoms with van der Waals surface area (Å²) in [6.45, 7) is 1.89. The van der Waals surface area contributed by atoms with Crippen molar-refractivity contribution >= 4 is 0 Å². The molecule has 1 aromatic heterocycles. The van der Waals surface area contributed by atoms with Crippen LogP contribution in [0.3, 0.4) is 0 Å². The monoisotopic (exact) mass is 146 g/mol. The molecular formula is C9H10N2. The van der Waals surface area contributed by atoms with Gasteiger partial charge in [-0.3, -0.25) is 0 Å². The largest absolute Gasteiger partial charge is 0.324 e. The maximum atomic E-state index is 5.65. The Kier molecular flexibility index (Phi) is 2.25. The Morgan fingerprint density at radius 1 is 1.73 bits per heavy atom. The SMILES string of the molecule is C#Cc1ncccc1C(C)N. The Balaban J connectivity index is 3.15. The van der Waals surface area contributed by atoms with Gasteiger partial charge in [0.1, 0.15) is 5.69 Å². The van der Waals surface area contributed by atoms with Crippen molar-refractivity contribution in [1.82, 2.24) is 4.98 Å². The van der Waals surface area contributed by atoms with E-state index < -0.39 is 0 Å². The molecule has 0 spiro atoms. The van der Waals surface area contributed by atoms with E-state index in [1.807, 2.05) is 19.1 Å². The highest BCUT2D eigenvalue weighted by Gasteiger charge is 2.03. The molecule has 56 valence electrons. The van der Waals surface area contributed by atoms with Crippen LogP contribution in [-0.4, -0.2) is 4.98 Å². The minimum atomic E-state index is -0.0465. The summed E-state index contributed by atoms with van der Waals surface area (Å²) in [6.07, 6.45) is 6.89. The van der Waals surface area contributed by atoms with Crippen LogP contribution in [0, 0.1) is 12.3 Å². The summed E-state index contributed by atoms with van der Waals surface area (Å²) in [5.74, 6) is 2.49. The third-order valence-corrected chi connectivity index (χ3v) is 1.47.